The second-order valence-corrected chi connectivity index (χ2v) is 5.87. The van der Waals surface area contributed by atoms with E-state index in [1.165, 1.54) is 14.0 Å². The fraction of sp³-hybridized carbons (Fsp3) is 0.111. The Hall–Kier alpha value is -0.250. The first-order valence-electron chi connectivity index (χ1n) is 3.61. The van der Waals surface area contributed by atoms with Crippen molar-refractivity contribution in [3.8, 4) is 0 Å². The van der Waals surface area contributed by atoms with Gasteiger partial charge in [-0.05, 0) is 30.5 Å². The van der Waals surface area contributed by atoms with E-state index in [9.17, 15) is 0 Å². The van der Waals surface area contributed by atoms with Crippen molar-refractivity contribution >= 4 is 34.4 Å². The van der Waals surface area contributed by atoms with E-state index >= 15 is 0 Å². The monoisotopic (exact) mass is 212 g/mol. The zero-order chi connectivity index (χ0) is 8.39. The summed E-state index contributed by atoms with van der Waals surface area (Å²) in [7, 11) is 0. The molecule has 0 saturated carbocycles. The summed E-state index contributed by atoms with van der Waals surface area (Å²) >= 11 is 5.45. The Morgan fingerprint density at radius 3 is 2.75 bits per heavy atom. The second-order valence-electron chi connectivity index (χ2n) is 2.43. The normalized spacial score (nSPS) is 10.4. The first-order valence-corrected chi connectivity index (χ1v) is 6.19. The third kappa shape index (κ3) is 1.91. The Bertz CT molecular complexity index is 345. The van der Waals surface area contributed by atoms with E-state index in [1.54, 1.807) is 11.3 Å². The summed E-state index contributed by atoms with van der Waals surface area (Å²) in [4.78, 5) is 2.73. The van der Waals surface area contributed by atoms with Crippen molar-refractivity contribution in [2.75, 3.05) is 0 Å². The molecule has 0 amide bonds. The number of thiophene rings is 2. The van der Waals surface area contributed by atoms with Gasteiger partial charge >= 0.3 is 0 Å². The van der Waals surface area contributed by atoms with E-state index in [4.69, 9.17) is 0 Å². The maximum absolute atomic E-state index is 2.18. The van der Waals surface area contributed by atoms with Gasteiger partial charge in [-0.25, -0.2) is 0 Å². The molecule has 12 heavy (non-hydrogen) atoms. The van der Waals surface area contributed by atoms with Crippen LogP contribution in [0.25, 0.3) is 0 Å². The predicted octanol–water partition coefficient (Wildman–Crippen LogP) is 4.27. The van der Waals surface area contributed by atoms with Crippen molar-refractivity contribution in [1.82, 2.24) is 0 Å². The van der Waals surface area contributed by atoms with Gasteiger partial charge in [0.15, 0.2) is 0 Å². The molecular formula is C9H8S3. The van der Waals surface area contributed by atoms with Crippen LogP contribution in [0.5, 0.6) is 0 Å². The highest BCUT2D eigenvalue weighted by Gasteiger charge is 1.99. The predicted molar refractivity (Wildman–Crippen MR) is 57.5 cm³/mol. The smallest absolute Gasteiger partial charge is 0.0649 e. The van der Waals surface area contributed by atoms with Gasteiger partial charge in [0.2, 0.25) is 0 Å². The molecule has 2 rings (SSSR count). The van der Waals surface area contributed by atoms with Crippen molar-refractivity contribution < 1.29 is 0 Å². The fourth-order valence-corrected chi connectivity index (χ4v) is 3.80. The van der Waals surface area contributed by atoms with Crippen LogP contribution in [0.15, 0.2) is 38.1 Å². The van der Waals surface area contributed by atoms with E-state index < -0.39 is 0 Å². The molecule has 0 aliphatic heterocycles. The zero-order valence-electron chi connectivity index (χ0n) is 6.61. The maximum atomic E-state index is 2.18. The van der Waals surface area contributed by atoms with Crippen LogP contribution in [0.2, 0.25) is 0 Å². The van der Waals surface area contributed by atoms with Crippen LogP contribution >= 0.6 is 34.4 Å². The molecule has 0 N–H and O–H groups in total. The van der Waals surface area contributed by atoms with Crippen LogP contribution in [0.3, 0.4) is 0 Å². The van der Waals surface area contributed by atoms with Gasteiger partial charge in [0.1, 0.15) is 0 Å². The summed E-state index contributed by atoms with van der Waals surface area (Å²) in [6, 6.07) is 6.51. The summed E-state index contributed by atoms with van der Waals surface area (Å²) in [6.07, 6.45) is 0. The Morgan fingerprint density at radius 1 is 1.25 bits per heavy atom. The van der Waals surface area contributed by atoms with Crippen LogP contribution in [-0.4, -0.2) is 0 Å². The number of hydrogen-bond acceptors (Lipinski definition) is 3. The van der Waals surface area contributed by atoms with E-state index in [0.717, 1.165) is 0 Å². The molecule has 0 atom stereocenters. The fourth-order valence-electron chi connectivity index (χ4n) is 0.893. The molecule has 0 bridgehead atoms. The molecule has 0 spiro atoms. The van der Waals surface area contributed by atoms with Gasteiger partial charge < -0.3 is 0 Å². The van der Waals surface area contributed by atoms with Crippen molar-refractivity contribution in [2.45, 2.75) is 16.0 Å². The van der Waals surface area contributed by atoms with Gasteiger partial charge in [-0.3, -0.25) is 0 Å². The first kappa shape index (κ1) is 8.35. The summed E-state index contributed by atoms with van der Waals surface area (Å²) in [6.45, 7) is 2.14. The number of hydrogen-bond donors (Lipinski definition) is 0. The largest absolute Gasteiger partial charge is 0.151 e. The van der Waals surface area contributed by atoms with Gasteiger partial charge in [-0.2, -0.15) is 11.3 Å². The Kier molecular flexibility index (Phi) is 2.54. The van der Waals surface area contributed by atoms with Crippen LogP contribution in [0.4, 0.5) is 0 Å². The van der Waals surface area contributed by atoms with Crippen molar-refractivity contribution in [2.24, 2.45) is 0 Å². The van der Waals surface area contributed by atoms with Crippen molar-refractivity contribution in [3.05, 3.63) is 33.8 Å². The molecule has 0 unspecified atom stereocenters. The minimum absolute atomic E-state index is 1.35. The lowest BCUT2D eigenvalue weighted by Crippen LogP contribution is -1.57. The van der Waals surface area contributed by atoms with Crippen LogP contribution in [-0.2, 0) is 0 Å². The van der Waals surface area contributed by atoms with Gasteiger partial charge in [0, 0.05) is 15.2 Å². The highest BCUT2D eigenvalue weighted by molar-refractivity contribution is 8.01. The standard InChI is InChI=1S/C9H8S3/c1-7-2-3-9(11-7)12-8-4-5-10-6-8/h2-6H,1H3. The molecule has 0 saturated heterocycles. The zero-order valence-corrected chi connectivity index (χ0v) is 9.06. The summed E-state index contributed by atoms with van der Waals surface area (Å²) in [5.74, 6) is 0. The molecule has 0 aliphatic rings. The quantitative estimate of drug-likeness (QED) is 0.716. The highest BCUT2D eigenvalue weighted by atomic mass is 32.2. The molecule has 3 heteroatoms. The van der Waals surface area contributed by atoms with Gasteiger partial charge in [-0.15, -0.1) is 11.3 Å². The lowest BCUT2D eigenvalue weighted by atomic mass is 10.5. The Morgan fingerprint density at radius 2 is 2.17 bits per heavy atom. The van der Waals surface area contributed by atoms with Gasteiger partial charge in [-0.1, -0.05) is 11.8 Å². The summed E-state index contributed by atoms with van der Waals surface area (Å²) < 4.78 is 1.38. The summed E-state index contributed by atoms with van der Waals surface area (Å²) in [5.41, 5.74) is 0. The average molecular weight is 212 g/mol. The Labute approximate surface area is 84.3 Å². The van der Waals surface area contributed by atoms with Gasteiger partial charge in [0.25, 0.3) is 0 Å². The molecule has 0 nitrogen and oxygen atoms in total. The topological polar surface area (TPSA) is 0 Å². The first-order chi connectivity index (χ1) is 5.84. The van der Waals surface area contributed by atoms with Crippen molar-refractivity contribution in [3.63, 3.8) is 0 Å². The SMILES string of the molecule is Cc1ccc(Sc2ccsc2)s1. The highest BCUT2D eigenvalue weighted by Crippen LogP contribution is 2.33. The average Bonchev–Trinajstić information content (AvgIpc) is 2.63. The van der Waals surface area contributed by atoms with E-state index in [0.29, 0.717) is 0 Å². The molecule has 62 valence electrons. The molecular weight excluding hydrogens is 204 g/mol. The van der Waals surface area contributed by atoms with E-state index in [-0.39, 0.29) is 0 Å². The van der Waals surface area contributed by atoms with Crippen LogP contribution in [0, 0.1) is 6.92 Å². The molecule has 0 aliphatic carbocycles. The molecule has 2 aromatic heterocycles. The number of aryl methyl sites for hydroxylation is 1. The molecule has 0 fully saturated rings. The molecule has 2 aromatic rings. The van der Waals surface area contributed by atoms with Crippen LogP contribution < -0.4 is 0 Å². The van der Waals surface area contributed by atoms with Crippen LogP contribution in [0.1, 0.15) is 4.88 Å². The third-order valence-corrected chi connectivity index (χ3v) is 4.38. The minimum Gasteiger partial charge on any atom is -0.151 e. The number of rotatable bonds is 2. The lowest BCUT2D eigenvalue weighted by molar-refractivity contribution is 1.57. The summed E-state index contributed by atoms with van der Waals surface area (Å²) in [5, 5.41) is 4.29. The third-order valence-electron chi connectivity index (χ3n) is 1.43. The lowest BCUT2D eigenvalue weighted by Gasteiger charge is -1.90. The molecule has 0 aromatic carbocycles. The van der Waals surface area contributed by atoms with E-state index in [1.807, 2.05) is 23.1 Å². The second kappa shape index (κ2) is 3.64. The van der Waals surface area contributed by atoms with E-state index in [2.05, 4.69) is 35.9 Å². The Balaban J connectivity index is 2.14. The van der Waals surface area contributed by atoms with Crippen molar-refractivity contribution in [1.29, 1.82) is 0 Å². The molecule has 0 radical (unpaired) electrons. The maximum Gasteiger partial charge on any atom is 0.0649 e. The van der Waals surface area contributed by atoms with Gasteiger partial charge in [0.05, 0.1) is 4.21 Å². The molecule has 2 heterocycles. The minimum atomic E-state index is 1.35.